The number of aliphatic hydroxyl groups is 1. The predicted molar refractivity (Wildman–Crippen MR) is 73.7 cm³/mol. The minimum Gasteiger partial charge on any atom is -0.390 e. The van der Waals surface area contributed by atoms with Crippen LogP contribution in [0.25, 0.3) is 0 Å². The highest BCUT2D eigenvalue weighted by Crippen LogP contribution is 2.30. The second-order valence-electron chi connectivity index (χ2n) is 5.56. The van der Waals surface area contributed by atoms with E-state index in [-0.39, 0.29) is 23.6 Å². The normalized spacial score (nSPS) is 33.0. The van der Waals surface area contributed by atoms with E-state index >= 15 is 0 Å². The molecular formula is C14H19NO3S. The molecule has 3 rings (SSSR count). The van der Waals surface area contributed by atoms with Crippen molar-refractivity contribution in [3.8, 4) is 0 Å². The van der Waals surface area contributed by atoms with Crippen molar-refractivity contribution in [2.24, 2.45) is 0 Å². The molecule has 1 aliphatic heterocycles. The van der Waals surface area contributed by atoms with Crippen molar-refractivity contribution >= 4 is 9.84 Å². The second-order valence-corrected chi connectivity index (χ2v) is 7.71. The minimum atomic E-state index is -3.09. The van der Waals surface area contributed by atoms with Crippen molar-refractivity contribution in [1.29, 1.82) is 0 Å². The molecule has 104 valence electrons. The van der Waals surface area contributed by atoms with Gasteiger partial charge in [0.1, 0.15) is 0 Å². The minimum absolute atomic E-state index is 0.0484. The van der Waals surface area contributed by atoms with Crippen LogP contribution in [0.4, 0.5) is 0 Å². The third kappa shape index (κ3) is 2.68. The SMILES string of the molecule is O=S1(=O)CC(O)C(NC2CCCc3ccccc32)C1. The van der Waals surface area contributed by atoms with Crippen LogP contribution in [-0.2, 0) is 16.3 Å². The number of rotatable bonds is 2. The van der Waals surface area contributed by atoms with E-state index < -0.39 is 15.9 Å². The monoisotopic (exact) mass is 281 g/mol. The van der Waals surface area contributed by atoms with Crippen molar-refractivity contribution < 1.29 is 13.5 Å². The van der Waals surface area contributed by atoms with E-state index in [4.69, 9.17) is 0 Å². The lowest BCUT2D eigenvalue weighted by Crippen LogP contribution is -2.42. The van der Waals surface area contributed by atoms with Crippen LogP contribution in [0.15, 0.2) is 24.3 Å². The van der Waals surface area contributed by atoms with Gasteiger partial charge in [0.2, 0.25) is 0 Å². The molecule has 5 heteroatoms. The zero-order chi connectivity index (χ0) is 13.5. The lowest BCUT2D eigenvalue weighted by Gasteiger charge is -2.29. The third-order valence-electron chi connectivity index (χ3n) is 4.11. The van der Waals surface area contributed by atoms with Gasteiger partial charge in [0.15, 0.2) is 9.84 Å². The molecule has 19 heavy (non-hydrogen) atoms. The van der Waals surface area contributed by atoms with Crippen molar-refractivity contribution in [3.05, 3.63) is 35.4 Å². The van der Waals surface area contributed by atoms with Crippen LogP contribution in [0.5, 0.6) is 0 Å². The molecule has 0 radical (unpaired) electrons. The van der Waals surface area contributed by atoms with Crippen LogP contribution in [0.3, 0.4) is 0 Å². The molecule has 0 amide bonds. The molecular weight excluding hydrogens is 262 g/mol. The van der Waals surface area contributed by atoms with Crippen molar-refractivity contribution in [1.82, 2.24) is 5.32 Å². The summed E-state index contributed by atoms with van der Waals surface area (Å²) in [6.45, 7) is 0. The first-order chi connectivity index (χ1) is 9.05. The first-order valence-corrected chi connectivity index (χ1v) is 8.60. The first kappa shape index (κ1) is 13.1. The first-order valence-electron chi connectivity index (χ1n) is 6.77. The fourth-order valence-corrected chi connectivity index (χ4v) is 4.93. The van der Waals surface area contributed by atoms with E-state index in [1.54, 1.807) is 0 Å². The molecule has 1 heterocycles. The van der Waals surface area contributed by atoms with Crippen LogP contribution >= 0.6 is 0 Å². The van der Waals surface area contributed by atoms with Crippen LogP contribution in [-0.4, -0.2) is 37.2 Å². The Morgan fingerprint density at radius 2 is 2.00 bits per heavy atom. The summed E-state index contributed by atoms with van der Waals surface area (Å²) in [6.07, 6.45) is 2.41. The summed E-state index contributed by atoms with van der Waals surface area (Å²) >= 11 is 0. The van der Waals surface area contributed by atoms with E-state index in [1.165, 1.54) is 11.1 Å². The van der Waals surface area contributed by atoms with E-state index in [2.05, 4.69) is 17.4 Å². The molecule has 3 atom stereocenters. The smallest absolute Gasteiger partial charge is 0.154 e. The maximum atomic E-state index is 11.5. The lowest BCUT2D eigenvalue weighted by molar-refractivity contribution is 0.157. The molecule has 0 saturated carbocycles. The van der Waals surface area contributed by atoms with Crippen LogP contribution in [0.1, 0.15) is 30.0 Å². The third-order valence-corrected chi connectivity index (χ3v) is 5.82. The molecule has 1 aliphatic carbocycles. The maximum Gasteiger partial charge on any atom is 0.154 e. The molecule has 0 aromatic heterocycles. The van der Waals surface area contributed by atoms with Gasteiger partial charge in [-0.2, -0.15) is 0 Å². The predicted octanol–water partition coefficient (Wildman–Crippen LogP) is 0.811. The number of hydrogen-bond acceptors (Lipinski definition) is 4. The van der Waals surface area contributed by atoms with Crippen molar-refractivity contribution in [3.63, 3.8) is 0 Å². The largest absolute Gasteiger partial charge is 0.390 e. The van der Waals surface area contributed by atoms with E-state index in [0.29, 0.717) is 0 Å². The molecule has 1 aromatic carbocycles. The molecule has 3 unspecified atom stereocenters. The topological polar surface area (TPSA) is 66.4 Å². The summed E-state index contributed by atoms with van der Waals surface area (Å²) < 4.78 is 23.1. The number of sulfone groups is 1. The second kappa shape index (κ2) is 4.89. The maximum absolute atomic E-state index is 11.5. The van der Waals surface area contributed by atoms with Gasteiger partial charge in [-0.3, -0.25) is 0 Å². The lowest BCUT2D eigenvalue weighted by atomic mass is 9.87. The van der Waals surface area contributed by atoms with Gasteiger partial charge in [0.25, 0.3) is 0 Å². The van der Waals surface area contributed by atoms with Gasteiger partial charge < -0.3 is 10.4 Å². The fraction of sp³-hybridized carbons (Fsp3) is 0.571. The molecule has 0 bridgehead atoms. The Labute approximate surface area is 113 Å². The fourth-order valence-electron chi connectivity index (χ4n) is 3.17. The Hall–Kier alpha value is -0.910. The van der Waals surface area contributed by atoms with Crippen molar-refractivity contribution in [2.45, 2.75) is 37.5 Å². The van der Waals surface area contributed by atoms with Gasteiger partial charge in [0, 0.05) is 12.1 Å². The summed E-state index contributed by atoms with van der Waals surface area (Å²) in [4.78, 5) is 0. The number of benzene rings is 1. The van der Waals surface area contributed by atoms with Gasteiger partial charge in [0.05, 0.1) is 17.6 Å². The number of hydrogen-bond donors (Lipinski definition) is 2. The summed E-state index contributed by atoms with van der Waals surface area (Å²) in [5.74, 6) is -0.0636. The zero-order valence-electron chi connectivity index (χ0n) is 10.7. The summed E-state index contributed by atoms with van der Waals surface area (Å²) in [6, 6.07) is 8.11. The van der Waals surface area contributed by atoms with Gasteiger partial charge in [-0.25, -0.2) is 8.42 Å². The molecule has 2 aliphatic rings. The summed E-state index contributed by atoms with van der Waals surface area (Å²) in [5, 5.41) is 13.2. The molecule has 1 aromatic rings. The Kier molecular flexibility index (Phi) is 3.37. The standard InChI is InChI=1S/C14H19NO3S/c16-14-9-19(17,18)8-13(14)15-12-7-3-5-10-4-1-2-6-11(10)12/h1-2,4,6,12-16H,3,5,7-9H2. The molecule has 4 nitrogen and oxygen atoms in total. The van der Waals surface area contributed by atoms with Gasteiger partial charge in [-0.05, 0) is 30.4 Å². The number of aliphatic hydroxyl groups excluding tert-OH is 1. The quantitative estimate of drug-likeness (QED) is 0.842. The van der Waals surface area contributed by atoms with E-state index in [1.807, 2.05) is 12.1 Å². The Bertz CT molecular complexity index is 570. The van der Waals surface area contributed by atoms with Gasteiger partial charge in [-0.15, -0.1) is 0 Å². The number of nitrogens with one attached hydrogen (secondary N) is 1. The molecule has 1 saturated heterocycles. The Morgan fingerprint density at radius 3 is 2.74 bits per heavy atom. The van der Waals surface area contributed by atoms with Crippen LogP contribution in [0, 0.1) is 0 Å². The Morgan fingerprint density at radius 1 is 1.21 bits per heavy atom. The zero-order valence-corrected chi connectivity index (χ0v) is 11.6. The average Bonchev–Trinajstić information content (AvgIpc) is 2.63. The van der Waals surface area contributed by atoms with Crippen LogP contribution < -0.4 is 5.32 Å². The van der Waals surface area contributed by atoms with E-state index in [9.17, 15) is 13.5 Å². The van der Waals surface area contributed by atoms with E-state index in [0.717, 1.165) is 19.3 Å². The molecule has 0 spiro atoms. The highest BCUT2D eigenvalue weighted by Gasteiger charge is 2.38. The average molecular weight is 281 g/mol. The summed E-state index contributed by atoms with van der Waals surface area (Å²) in [5.41, 5.74) is 2.59. The highest BCUT2D eigenvalue weighted by atomic mass is 32.2. The number of aryl methyl sites for hydroxylation is 1. The highest BCUT2D eigenvalue weighted by molar-refractivity contribution is 7.91. The molecule has 2 N–H and O–H groups in total. The van der Waals surface area contributed by atoms with Gasteiger partial charge >= 0.3 is 0 Å². The van der Waals surface area contributed by atoms with Crippen LogP contribution in [0.2, 0.25) is 0 Å². The molecule has 1 fully saturated rings. The number of fused-ring (bicyclic) bond motifs is 1. The Balaban J connectivity index is 1.78. The van der Waals surface area contributed by atoms with Crippen molar-refractivity contribution in [2.75, 3.05) is 11.5 Å². The summed E-state index contributed by atoms with van der Waals surface area (Å²) in [7, 11) is -3.09. The van der Waals surface area contributed by atoms with Gasteiger partial charge in [-0.1, -0.05) is 24.3 Å².